The highest BCUT2D eigenvalue weighted by atomic mass is 16.2. The van der Waals surface area contributed by atoms with Crippen LogP contribution in [0.15, 0.2) is 53.3 Å². The van der Waals surface area contributed by atoms with Crippen molar-refractivity contribution in [1.82, 2.24) is 19.8 Å². The Morgan fingerprint density at radius 2 is 1.77 bits per heavy atom. The van der Waals surface area contributed by atoms with Crippen LogP contribution in [0.1, 0.15) is 84.2 Å². The van der Waals surface area contributed by atoms with E-state index in [0.29, 0.717) is 23.5 Å². The van der Waals surface area contributed by atoms with Gasteiger partial charge < -0.3 is 10.2 Å². The number of nitriles is 1. The number of nitrogens with one attached hydrogen (secondary N) is 1. The lowest BCUT2D eigenvalue weighted by molar-refractivity contribution is -0.124. The first-order valence-corrected chi connectivity index (χ1v) is 15.8. The van der Waals surface area contributed by atoms with Gasteiger partial charge in [0.15, 0.2) is 5.69 Å². The minimum absolute atomic E-state index is 0.123. The second kappa shape index (κ2) is 17.4. The zero-order valence-electron chi connectivity index (χ0n) is 28.1. The maximum Gasteiger partial charge on any atom is 0.249 e. The summed E-state index contributed by atoms with van der Waals surface area (Å²) in [6.07, 6.45) is 12.4. The fourth-order valence-corrected chi connectivity index (χ4v) is 5.65. The van der Waals surface area contributed by atoms with Crippen molar-refractivity contribution in [3.05, 3.63) is 70.2 Å². The number of piperidine rings is 1. The molecule has 1 aliphatic heterocycles. The first kappa shape index (κ1) is 35.4. The van der Waals surface area contributed by atoms with Gasteiger partial charge in [0, 0.05) is 55.8 Å². The third-order valence-corrected chi connectivity index (χ3v) is 8.23. The van der Waals surface area contributed by atoms with Gasteiger partial charge in [-0.25, -0.2) is 4.98 Å². The molecule has 1 fully saturated rings. The number of nitrogens with zero attached hydrogens (tertiary/aromatic N) is 5. The van der Waals surface area contributed by atoms with Gasteiger partial charge in [-0.2, -0.15) is 5.26 Å². The van der Waals surface area contributed by atoms with Gasteiger partial charge in [-0.15, -0.1) is 0 Å². The summed E-state index contributed by atoms with van der Waals surface area (Å²) in [5.74, 6) is 1.39. The van der Waals surface area contributed by atoms with Crippen molar-refractivity contribution in [2.75, 3.05) is 39.5 Å². The molecule has 2 aromatic heterocycles. The highest BCUT2D eigenvalue weighted by Crippen LogP contribution is 2.34. The van der Waals surface area contributed by atoms with Crippen molar-refractivity contribution >= 4 is 17.8 Å². The molecular weight excluding hydrogens is 532 g/mol. The number of allylic oxidation sites excluding steroid dienone is 3. The number of aromatic nitrogens is 2. The fraction of sp³-hybridized carbons (Fsp3) is 0.500. The normalized spacial score (nSPS) is 16.3. The van der Waals surface area contributed by atoms with Crippen molar-refractivity contribution in [1.29, 1.82) is 5.26 Å². The molecule has 2 aliphatic rings. The fourth-order valence-electron chi connectivity index (χ4n) is 5.65. The number of hydrogen-bond acceptors (Lipinski definition) is 6. The second-order valence-electron chi connectivity index (χ2n) is 10.8. The molecule has 0 saturated carbocycles. The van der Waals surface area contributed by atoms with E-state index in [0.717, 1.165) is 66.7 Å². The molecule has 1 aliphatic carbocycles. The van der Waals surface area contributed by atoms with Crippen LogP contribution in [0.25, 0.3) is 17.2 Å². The van der Waals surface area contributed by atoms with Crippen molar-refractivity contribution in [2.45, 2.75) is 80.2 Å². The average Bonchev–Trinajstić information content (AvgIpc) is 3.06. The molecule has 1 saturated heterocycles. The van der Waals surface area contributed by atoms with Gasteiger partial charge in [0.05, 0.1) is 0 Å². The van der Waals surface area contributed by atoms with E-state index in [1.165, 1.54) is 11.1 Å². The lowest BCUT2D eigenvalue weighted by Gasteiger charge is -2.38. The Hall–Kier alpha value is -3.76. The first-order valence-electron chi connectivity index (χ1n) is 15.8. The van der Waals surface area contributed by atoms with Crippen LogP contribution in [-0.4, -0.2) is 65.9 Å². The molecule has 1 amide bonds. The van der Waals surface area contributed by atoms with Crippen LogP contribution in [-0.2, 0) is 4.79 Å². The van der Waals surface area contributed by atoms with Gasteiger partial charge in [0.1, 0.15) is 11.9 Å². The topological polar surface area (TPSA) is 85.2 Å². The van der Waals surface area contributed by atoms with Gasteiger partial charge in [0.25, 0.3) is 0 Å². The summed E-state index contributed by atoms with van der Waals surface area (Å²) in [5.41, 5.74) is 7.85. The minimum atomic E-state index is 0.123. The molecule has 1 atom stereocenters. The molecule has 0 radical (unpaired) electrons. The Morgan fingerprint density at radius 1 is 1.09 bits per heavy atom. The Labute approximate surface area is 260 Å². The number of likely N-dealkylation sites (N-methyl/N-ethyl adjacent to an activating group) is 1. The molecule has 232 valence electrons. The van der Waals surface area contributed by atoms with Crippen molar-refractivity contribution in [3.8, 4) is 17.2 Å². The van der Waals surface area contributed by atoms with E-state index in [1.54, 1.807) is 18.1 Å². The van der Waals surface area contributed by atoms with Crippen LogP contribution in [0.2, 0.25) is 0 Å². The molecule has 0 bridgehead atoms. The predicted octanol–water partition coefficient (Wildman–Crippen LogP) is 7.66. The van der Waals surface area contributed by atoms with Crippen LogP contribution in [0.5, 0.6) is 0 Å². The number of likely N-dealkylation sites (tertiary alicyclic amines) is 1. The van der Waals surface area contributed by atoms with Gasteiger partial charge in [-0.1, -0.05) is 57.1 Å². The van der Waals surface area contributed by atoms with E-state index in [4.69, 9.17) is 0 Å². The summed E-state index contributed by atoms with van der Waals surface area (Å²) < 4.78 is 0. The summed E-state index contributed by atoms with van der Waals surface area (Å²) in [7, 11) is 5.43. The largest absolute Gasteiger partial charge is 0.373 e. The highest BCUT2D eigenvalue weighted by molar-refractivity contribution is 5.93. The number of carbonyl (C=O) groups is 1. The Morgan fingerprint density at radius 3 is 2.33 bits per heavy atom. The summed E-state index contributed by atoms with van der Waals surface area (Å²) >= 11 is 0. The molecule has 0 aromatic carbocycles. The minimum Gasteiger partial charge on any atom is -0.373 e. The first-order chi connectivity index (χ1) is 20.7. The smallest absolute Gasteiger partial charge is 0.249 e. The van der Waals surface area contributed by atoms with E-state index >= 15 is 0 Å². The zero-order valence-corrected chi connectivity index (χ0v) is 28.1. The van der Waals surface area contributed by atoms with Crippen LogP contribution >= 0.6 is 0 Å². The van der Waals surface area contributed by atoms with E-state index in [2.05, 4.69) is 52.3 Å². The monoisotopic (exact) mass is 584 g/mol. The third kappa shape index (κ3) is 8.87. The third-order valence-electron chi connectivity index (χ3n) is 8.23. The van der Waals surface area contributed by atoms with E-state index in [-0.39, 0.29) is 5.91 Å². The molecule has 3 heterocycles. The quantitative estimate of drug-likeness (QED) is 0.360. The number of aryl methyl sites for hydroxylation is 1. The molecular formula is C36H52N6O. The number of anilines is 1. The second-order valence-corrected chi connectivity index (χ2v) is 10.8. The summed E-state index contributed by atoms with van der Waals surface area (Å²) in [6, 6.07) is 8.39. The summed E-state index contributed by atoms with van der Waals surface area (Å²) in [6.45, 7) is 16.6. The average molecular weight is 585 g/mol. The molecule has 2 aromatic rings. The molecule has 7 heteroatoms. The number of amides is 1. The van der Waals surface area contributed by atoms with Crippen LogP contribution < -0.4 is 5.32 Å². The number of carbonyl (C=O) groups excluding carboxylic acids is 1. The number of hydrogen-bond donors (Lipinski definition) is 1. The van der Waals surface area contributed by atoms with Crippen LogP contribution in [0, 0.1) is 24.2 Å². The van der Waals surface area contributed by atoms with Crippen molar-refractivity contribution in [2.24, 2.45) is 5.92 Å². The zero-order chi connectivity index (χ0) is 32.1. The van der Waals surface area contributed by atoms with E-state index in [1.807, 2.05) is 73.0 Å². The van der Waals surface area contributed by atoms with E-state index in [9.17, 15) is 10.1 Å². The SMILES string of the molecule is CC.CC.CNc1ccc(-c2ccnc(C)c2/C=C(\C)C(C)N2CCC(C3=CC=C(C(=O)N(C)C)CC3)CC2)c(C#N)n1. The molecule has 43 heavy (non-hydrogen) atoms. The maximum atomic E-state index is 12.3. The van der Waals surface area contributed by atoms with Gasteiger partial charge in [-0.3, -0.25) is 14.7 Å². The molecule has 1 unspecified atom stereocenters. The van der Waals surface area contributed by atoms with E-state index < -0.39 is 0 Å². The van der Waals surface area contributed by atoms with Crippen molar-refractivity contribution in [3.63, 3.8) is 0 Å². The number of rotatable bonds is 7. The lowest BCUT2D eigenvalue weighted by Crippen LogP contribution is -2.41. The highest BCUT2D eigenvalue weighted by Gasteiger charge is 2.27. The molecule has 1 N–H and O–H groups in total. The van der Waals surface area contributed by atoms with Gasteiger partial charge in [0.2, 0.25) is 5.91 Å². The van der Waals surface area contributed by atoms with Crippen LogP contribution in [0.4, 0.5) is 5.82 Å². The predicted molar refractivity (Wildman–Crippen MR) is 181 cm³/mol. The molecule has 7 nitrogen and oxygen atoms in total. The number of pyridine rings is 2. The summed E-state index contributed by atoms with van der Waals surface area (Å²) in [5, 5.41) is 12.8. The maximum absolute atomic E-state index is 12.3. The van der Waals surface area contributed by atoms with Gasteiger partial charge >= 0.3 is 0 Å². The lowest BCUT2D eigenvalue weighted by atomic mass is 9.82. The van der Waals surface area contributed by atoms with Crippen molar-refractivity contribution < 1.29 is 4.79 Å². The van der Waals surface area contributed by atoms with Crippen LogP contribution in [0.3, 0.4) is 0 Å². The Balaban J connectivity index is 0.00000155. The van der Waals surface area contributed by atoms with Gasteiger partial charge in [-0.05, 0) is 89.2 Å². The molecule has 0 spiro atoms. The standard InChI is InChI=1S/C32H40N6O.2C2H6/c1-21(19-29-22(2)35-16-13-27(29)28-11-12-31(34-4)36-30(28)20-33)23(3)38-17-14-25(15-18-38)24-7-9-26(10-8-24)32(39)37(5)6;2*1-2/h7,9,11-13,16,19,23,25H,8,10,14-15,17-18H2,1-6H3,(H,34,36);2*1-2H3/b21-19+;;. The Kier molecular flexibility index (Phi) is 14.3. The Bertz CT molecular complexity index is 1360. The molecule has 4 rings (SSSR count). The summed E-state index contributed by atoms with van der Waals surface area (Å²) in [4.78, 5) is 25.5.